The molecule has 0 unspecified atom stereocenters. The minimum atomic E-state index is -0.251. The molecule has 4 aromatic rings. The van der Waals surface area contributed by atoms with Gasteiger partial charge in [-0.25, -0.2) is 9.37 Å². The Kier molecular flexibility index (Phi) is 4.69. The lowest BCUT2D eigenvalue weighted by molar-refractivity contribution is 0.267. The molecule has 0 bridgehead atoms. The van der Waals surface area contributed by atoms with Crippen LogP contribution in [0.25, 0.3) is 22.2 Å². The van der Waals surface area contributed by atoms with Crippen LogP contribution in [0.1, 0.15) is 16.9 Å². The van der Waals surface area contributed by atoms with Gasteiger partial charge in [0.1, 0.15) is 5.82 Å². The summed E-state index contributed by atoms with van der Waals surface area (Å²) in [6, 6.07) is 16.7. The highest BCUT2D eigenvalue weighted by atomic mass is 19.1. The molecular formula is C22H20FN3O. The first-order valence-electron chi connectivity index (χ1n) is 8.83. The molecule has 0 radical (unpaired) electrons. The number of rotatable bonds is 5. The van der Waals surface area contributed by atoms with E-state index >= 15 is 0 Å². The molecule has 0 aliphatic carbocycles. The van der Waals surface area contributed by atoms with Gasteiger partial charge in [0.25, 0.3) is 0 Å². The van der Waals surface area contributed by atoms with Crippen LogP contribution < -0.4 is 0 Å². The zero-order valence-corrected chi connectivity index (χ0v) is 15.3. The fraction of sp³-hybridized carbons (Fsp3) is 0.182. The molecule has 0 spiro atoms. The molecule has 0 aliphatic rings. The third kappa shape index (κ3) is 3.88. The lowest BCUT2D eigenvalue weighted by atomic mass is 10.0. The summed E-state index contributed by atoms with van der Waals surface area (Å²) in [5, 5.41) is 4.86. The van der Waals surface area contributed by atoms with E-state index in [1.807, 2.05) is 19.2 Å². The summed E-state index contributed by atoms with van der Waals surface area (Å²) in [6.07, 6.45) is 1.65. The second kappa shape index (κ2) is 7.29. The molecule has 0 N–H and O–H groups in total. The normalized spacial score (nSPS) is 11.4. The Hall–Kier alpha value is -3.05. The highest BCUT2D eigenvalue weighted by molar-refractivity contribution is 5.84. The van der Waals surface area contributed by atoms with Gasteiger partial charge in [-0.3, -0.25) is 4.90 Å². The Labute approximate surface area is 157 Å². The van der Waals surface area contributed by atoms with Gasteiger partial charge in [-0.1, -0.05) is 16.8 Å². The van der Waals surface area contributed by atoms with Crippen LogP contribution in [0.15, 0.2) is 65.3 Å². The lowest BCUT2D eigenvalue weighted by Gasteiger charge is -2.18. The molecule has 136 valence electrons. The first-order valence-corrected chi connectivity index (χ1v) is 8.83. The van der Waals surface area contributed by atoms with E-state index < -0.39 is 0 Å². The number of benzene rings is 2. The number of aromatic nitrogens is 2. The average Bonchev–Trinajstić information content (AvgIpc) is 3.15. The zero-order chi connectivity index (χ0) is 18.8. The zero-order valence-electron chi connectivity index (χ0n) is 15.3. The molecular weight excluding hydrogens is 341 g/mol. The summed E-state index contributed by atoms with van der Waals surface area (Å²) in [5.74, 6) is 0.560. The van der Waals surface area contributed by atoms with Crippen molar-refractivity contribution in [1.82, 2.24) is 15.0 Å². The van der Waals surface area contributed by atoms with Gasteiger partial charge in [0.15, 0.2) is 5.76 Å². The molecule has 27 heavy (non-hydrogen) atoms. The molecule has 0 aliphatic heterocycles. The van der Waals surface area contributed by atoms with Gasteiger partial charge in [0.2, 0.25) is 0 Å². The summed E-state index contributed by atoms with van der Waals surface area (Å²) in [6.45, 7) is 3.40. The van der Waals surface area contributed by atoms with Crippen LogP contribution in [0.2, 0.25) is 0 Å². The number of aryl methyl sites for hydroxylation is 1. The minimum Gasteiger partial charge on any atom is -0.360 e. The second-order valence-corrected chi connectivity index (χ2v) is 6.85. The van der Waals surface area contributed by atoms with E-state index in [1.165, 1.54) is 17.7 Å². The van der Waals surface area contributed by atoms with Crippen LogP contribution in [0.5, 0.6) is 0 Å². The smallest absolute Gasteiger partial charge is 0.150 e. The maximum absolute atomic E-state index is 13.4. The Bertz CT molecular complexity index is 1060. The van der Waals surface area contributed by atoms with Crippen molar-refractivity contribution < 1.29 is 8.91 Å². The first kappa shape index (κ1) is 17.4. The van der Waals surface area contributed by atoms with Crippen molar-refractivity contribution in [2.45, 2.75) is 20.0 Å². The number of nitrogens with zero attached hydrogens (tertiary/aromatic N) is 3. The van der Waals surface area contributed by atoms with Crippen LogP contribution in [-0.2, 0) is 13.1 Å². The van der Waals surface area contributed by atoms with Gasteiger partial charge in [0, 0.05) is 23.6 Å². The molecule has 0 saturated carbocycles. The molecule has 2 heterocycles. The van der Waals surface area contributed by atoms with Gasteiger partial charge in [0.05, 0.1) is 24.0 Å². The number of pyridine rings is 1. The van der Waals surface area contributed by atoms with E-state index in [9.17, 15) is 4.39 Å². The monoisotopic (exact) mass is 361 g/mol. The number of hydrogen-bond donors (Lipinski definition) is 0. The van der Waals surface area contributed by atoms with Crippen molar-refractivity contribution in [2.24, 2.45) is 0 Å². The SMILES string of the molecule is Cc1ccc2nc(-c3ccc(F)cc3)c(CN(C)Cc3ccno3)cc2c1. The van der Waals surface area contributed by atoms with Crippen LogP contribution in [0, 0.1) is 12.7 Å². The van der Waals surface area contributed by atoms with E-state index in [2.05, 4.69) is 35.2 Å². The lowest BCUT2D eigenvalue weighted by Crippen LogP contribution is -2.17. The van der Waals surface area contributed by atoms with Crippen LogP contribution in [0.4, 0.5) is 4.39 Å². The number of halogens is 1. The van der Waals surface area contributed by atoms with E-state index in [-0.39, 0.29) is 5.82 Å². The molecule has 0 fully saturated rings. The molecule has 5 heteroatoms. The predicted octanol–water partition coefficient (Wildman–Crippen LogP) is 4.97. The molecule has 0 atom stereocenters. The summed E-state index contributed by atoms with van der Waals surface area (Å²) in [4.78, 5) is 7.03. The molecule has 2 aromatic heterocycles. The van der Waals surface area contributed by atoms with Crippen molar-refractivity contribution in [3.05, 3.63) is 83.5 Å². The third-order valence-corrected chi connectivity index (χ3v) is 4.52. The quantitative estimate of drug-likeness (QED) is 0.503. The second-order valence-electron chi connectivity index (χ2n) is 6.85. The highest BCUT2D eigenvalue weighted by Crippen LogP contribution is 2.27. The van der Waals surface area contributed by atoms with Crippen LogP contribution in [-0.4, -0.2) is 22.1 Å². The summed E-state index contributed by atoms with van der Waals surface area (Å²) >= 11 is 0. The Morgan fingerprint density at radius 3 is 2.56 bits per heavy atom. The van der Waals surface area contributed by atoms with Gasteiger partial charge in [-0.05, 0) is 62.0 Å². The number of hydrogen-bond acceptors (Lipinski definition) is 4. The summed E-state index contributed by atoms with van der Waals surface area (Å²) in [7, 11) is 2.03. The molecule has 0 saturated heterocycles. The van der Waals surface area contributed by atoms with Crippen molar-refractivity contribution in [3.8, 4) is 11.3 Å². The fourth-order valence-electron chi connectivity index (χ4n) is 3.25. The van der Waals surface area contributed by atoms with Gasteiger partial charge in [-0.15, -0.1) is 0 Å². The average molecular weight is 361 g/mol. The third-order valence-electron chi connectivity index (χ3n) is 4.52. The van der Waals surface area contributed by atoms with E-state index in [1.54, 1.807) is 18.3 Å². The van der Waals surface area contributed by atoms with Crippen molar-refractivity contribution in [3.63, 3.8) is 0 Å². The van der Waals surface area contributed by atoms with E-state index in [4.69, 9.17) is 9.51 Å². The fourth-order valence-corrected chi connectivity index (χ4v) is 3.25. The van der Waals surface area contributed by atoms with E-state index in [0.29, 0.717) is 13.1 Å². The van der Waals surface area contributed by atoms with Gasteiger partial charge >= 0.3 is 0 Å². The Morgan fingerprint density at radius 1 is 1.00 bits per heavy atom. The van der Waals surface area contributed by atoms with Crippen molar-refractivity contribution in [2.75, 3.05) is 7.05 Å². The standard InChI is InChI=1S/C22H20FN3O/c1-15-3-8-21-17(11-15)12-18(13-26(2)14-20-9-10-24-27-20)22(25-21)16-4-6-19(23)7-5-16/h3-12H,13-14H2,1-2H3. The maximum atomic E-state index is 13.4. The first-order chi connectivity index (χ1) is 13.1. The van der Waals surface area contributed by atoms with Gasteiger partial charge < -0.3 is 4.52 Å². The number of fused-ring (bicyclic) bond motifs is 1. The Balaban J connectivity index is 1.75. The molecule has 4 nitrogen and oxygen atoms in total. The van der Waals surface area contributed by atoms with Gasteiger partial charge in [-0.2, -0.15) is 0 Å². The van der Waals surface area contributed by atoms with Crippen LogP contribution in [0.3, 0.4) is 0 Å². The minimum absolute atomic E-state index is 0.251. The molecule has 0 amide bonds. The predicted molar refractivity (Wildman–Crippen MR) is 104 cm³/mol. The van der Waals surface area contributed by atoms with E-state index in [0.717, 1.165) is 33.5 Å². The maximum Gasteiger partial charge on any atom is 0.150 e. The summed E-state index contributed by atoms with van der Waals surface area (Å²) in [5.41, 5.74) is 4.99. The topological polar surface area (TPSA) is 42.2 Å². The van der Waals surface area contributed by atoms with Crippen molar-refractivity contribution >= 4 is 10.9 Å². The highest BCUT2D eigenvalue weighted by Gasteiger charge is 2.13. The van der Waals surface area contributed by atoms with Crippen molar-refractivity contribution in [1.29, 1.82) is 0 Å². The molecule has 2 aromatic carbocycles. The largest absolute Gasteiger partial charge is 0.360 e. The Morgan fingerprint density at radius 2 is 1.81 bits per heavy atom. The summed E-state index contributed by atoms with van der Waals surface area (Å²) < 4.78 is 18.6. The molecule has 4 rings (SSSR count). The van der Waals surface area contributed by atoms with Crippen LogP contribution >= 0.6 is 0 Å².